The van der Waals surface area contributed by atoms with E-state index < -0.39 is 0 Å². The highest BCUT2D eigenvalue weighted by atomic mass is 79.9. The molecule has 2 rings (SSSR count). The van der Waals surface area contributed by atoms with E-state index in [1.165, 1.54) is 0 Å². The monoisotopic (exact) mass is 311 g/mol. The van der Waals surface area contributed by atoms with Crippen molar-refractivity contribution in [2.24, 2.45) is 0 Å². The Morgan fingerprint density at radius 1 is 1.12 bits per heavy atom. The number of para-hydroxylation sites is 1. The van der Waals surface area contributed by atoms with Crippen LogP contribution in [0.3, 0.4) is 0 Å². The predicted molar refractivity (Wildman–Crippen MR) is 75.6 cm³/mol. The first-order valence-electron chi connectivity index (χ1n) is 5.02. The van der Waals surface area contributed by atoms with Gasteiger partial charge in [-0.15, -0.1) is 0 Å². The van der Waals surface area contributed by atoms with Crippen LogP contribution in [-0.4, -0.2) is 7.11 Å². The van der Waals surface area contributed by atoms with Crippen molar-refractivity contribution in [1.82, 2.24) is 0 Å². The Balaban J connectivity index is 2.68. The Bertz CT molecular complexity index is 557. The largest absolute Gasteiger partial charge is 0.494 e. The zero-order valence-corrected chi connectivity index (χ0v) is 11.5. The van der Waals surface area contributed by atoms with Crippen LogP contribution in [0.4, 0.5) is 5.69 Å². The molecule has 0 radical (unpaired) electrons. The summed E-state index contributed by atoms with van der Waals surface area (Å²) in [6.07, 6.45) is 0. The van der Waals surface area contributed by atoms with Gasteiger partial charge in [0.2, 0.25) is 0 Å². The van der Waals surface area contributed by atoms with Crippen molar-refractivity contribution in [3.63, 3.8) is 0 Å². The summed E-state index contributed by atoms with van der Waals surface area (Å²) in [4.78, 5) is 0. The highest BCUT2D eigenvalue weighted by Gasteiger charge is 2.12. The third-order valence-electron chi connectivity index (χ3n) is 2.49. The van der Waals surface area contributed by atoms with Gasteiger partial charge in [0.1, 0.15) is 5.75 Å². The summed E-state index contributed by atoms with van der Waals surface area (Å²) in [6, 6.07) is 11.4. The number of methoxy groups -OCH3 is 1. The van der Waals surface area contributed by atoms with Gasteiger partial charge in [-0.3, -0.25) is 0 Å². The number of hydrogen-bond donors (Lipinski definition) is 1. The second kappa shape index (κ2) is 4.98. The molecular weight excluding hydrogens is 302 g/mol. The third-order valence-corrected chi connectivity index (χ3v) is 3.79. The summed E-state index contributed by atoms with van der Waals surface area (Å²) in [5.41, 5.74) is 8.26. The molecule has 17 heavy (non-hydrogen) atoms. The van der Waals surface area contributed by atoms with Crippen LogP contribution in [0, 0.1) is 0 Å². The van der Waals surface area contributed by atoms with Crippen LogP contribution < -0.4 is 10.5 Å². The predicted octanol–water partition coefficient (Wildman–Crippen LogP) is 4.36. The smallest absolute Gasteiger partial charge is 0.149 e. The molecule has 0 heterocycles. The molecule has 0 unspecified atom stereocenters. The zero-order valence-electron chi connectivity index (χ0n) is 9.21. The number of hydrogen-bond acceptors (Lipinski definition) is 2. The first kappa shape index (κ1) is 12.3. The molecule has 0 saturated carbocycles. The van der Waals surface area contributed by atoms with Gasteiger partial charge in [0.25, 0.3) is 0 Å². The van der Waals surface area contributed by atoms with Crippen molar-refractivity contribution < 1.29 is 4.74 Å². The minimum absolute atomic E-state index is 0.598. The standard InChI is InChI=1S/C13H11BrClNO/c1-17-13-9(5-3-7-11(13)16)8-4-2-6-10(14)12(8)15/h2-7H,16H2,1H3. The molecule has 0 bridgehead atoms. The van der Waals surface area contributed by atoms with Crippen molar-refractivity contribution in [2.45, 2.75) is 0 Å². The molecule has 0 saturated heterocycles. The van der Waals surface area contributed by atoms with Crippen molar-refractivity contribution >= 4 is 33.2 Å². The normalized spacial score (nSPS) is 10.3. The second-order valence-corrected chi connectivity index (χ2v) is 4.76. The number of benzene rings is 2. The minimum atomic E-state index is 0.598. The van der Waals surface area contributed by atoms with E-state index in [9.17, 15) is 0 Å². The van der Waals surface area contributed by atoms with Crippen LogP contribution in [0.2, 0.25) is 5.02 Å². The molecule has 2 aromatic carbocycles. The molecule has 0 fully saturated rings. The average molecular weight is 313 g/mol. The van der Waals surface area contributed by atoms with E-state index >= 15 is 0 Å². The van der Waals surface area contributed by atoms with Gasteiger partial charge in [-0.25, -0.2) is 0 Å². The van der Waals surface area contributed by atoms with E-state index in [-0.39, 0.29) is 0 Å². The zero-order chi connectivity index (χ0) is 12.4. The number of nitrogens with two attached hydrogens (primary N) is 1. The lowest BCUT2D eigenvalue weighted by atomic mass is 10.0. The maximum Gasteiger partial charge on any atom is 0.149 e. The summed E-state index contributed by atoms with van der Waals surface area (Å²) in [5, 5.41) is 0.649. The molecule has 0 aliphatic heterocycles. The first-order valence-corrected chi connectivity index (χ1v) is 6.19. The molecule has 2 nitrogen and oxygen atoms in total. The maximum atomic E-state index is 6.27. The lowest BCUT2D eigenvalue weighted by Crippen LogP contribution is -1.95. The molecule has 2 aromatic rings. The van der Waals surface area contributed by atoms with E-state index in [0.29, 0.717) is 16.5 Å². The lowest BCUT2D eigenvalue weighted by molar-refractivity contribution is 0.418. The number of nitrogen functional groups attached to an aromatic ring is 1. The lowest BCUT2D eigenvalue weighted by Gasteiger charge is -2.12. The van der Waals surface area contributed by atoms with E-state index in [0.717, 1.165) is 15.6 Å². The first-order chi connectivity index (χ1) is 8.15. The average Bonchev–Trinajstić information content (AvgIpc) is 2.32. The van der Waals surface area contributed by atoms with Crippen LogP contribution in [0.5, 0.6) is 5.75 Å². The summed E-state index contributed by atoms with van der Waals surface area (Å²) in [6.45, 7) is 0. The van der Waals surface area contributed by atoms with Gasteiger partial charge >= 0.3 is 0 Å². The third kappa shape index (κ3) is 2.26. The van der Waals surface area contributed by atoms with E-state index in [1.807, 2.05) is 30.3 Å². The van der Waals surface area contributed by atoms with Gasteiger partial charge in [-0.2, -0.15) is 0 Å². The molecule has 0 aromatic heterocycles. The molecule has 2 N–H and O–H groups in total. The SMILES string of the molecule is COc1c(N)cccc1-c1cccc(Br)c1Cl. The van der Waals surface area contributed by atoms with Gasteiger partial charge in [0.05, 0.1) is 17.8 Å². The van der Waals surface area contributed by atoms with Crippen molar-refractivity contribution in [3.8, 4) is 16.9 Å². The van der Waals surface area contributed by atoms with Crippen molar-refractivity contribution in [2.75, 3.05) is 12.8 Å². The van der Waals surface area contributed by atoms with Gasteiger partial charge in [-0.05, 0) is 28.1 Å². The minimum Gasteiger partial charge on any atom is -0.494 e. The molecule has 0 aliphatic carbocycles. The fraction of sp³-hybridized carbons (Fsp3) is 0.0769. The van der Waals surface area contributed by atoms with Gasteiger partial charge < -0.3 is 10.5 Å². The summed E-state index contributed by atoms with van der Waals surface area (Å²) >= 11 is 9.67. The van der Waals surface area contributed by atoms with Gasteiger partial charge in [0.15, 0.2) is 0 Å². The molecule has 88 valence electrons. The Labute approximate surface area is 113 Å². The topological polar surface area (TPSA) is 35.2 Å². The number of rotatable bonds is 2. The number of ether oxygens (including phenoxy) is 1. The van der Waals surface area contributed by atoms with Crippen LogP contribution >= 0.6 is 27.5 Å². The van der Waals surface area contributed by atoms with Gasteiger partial charge in [0, 0.05) is 15.6 Å². The summed E-state index contributed by atoms with van der Waals surface area (Å²) in [7, 11) is 1.60. The number of anilines is 1. The van der Waals surface area contributed by atoms with E-state index in [2.05, 4.69) is 15.9 Å². The van der Waals surface area contributed by atoms with Crippen molar-refractivity contribution in [1.29, 1.82) is 0 Å². The van der Waals surface area contributed by atoms with Crippen molar-refractivity contribution in [3.05, 3.63) is 45.9 Å². The van der Waals surface area contributed by atoms with Crippen LogP contribution in [0.15, 0.2) is 40.9 Å². The molecule has 4 heteroatoms. The summed E-state index contributed by atoms with van der Waals surface area (Å²) in [5.74, 6) is 0.646. The summed E-state index contributed by atoms with van der Waals surface area (Å²) < 4.78 is 6.17. The maximum absolute atomic E-state index is 6.27. The van der Waals surface area contributed by atoms with Crippen LogP contribution in [-0.2, 0) is 0 Å². The second-order valence-electron chi connectivity index (χ2n) is 3.53. The Hall–Kier alpha value is -1.19. The Kier molecular flexibility index (Phi) is 3.60. The Morgan fingerprint density at radius 2 is 1.76 bits per heavy atom. The van der Waals surface area contributed by atoms with Crippen LogP contribution in [0.1, 0.15) is 0 Å². The molecule has 0 atom stereocenters. The van der Waals surface area contributed by atoms with Crippen LogP contribution in [0.25, 0.3) is 11.1 Å². The van der Waals surface area contributed by atoms with E-state index in [4.69, 9.17) is 22.1 Å². The molecule has 0 amide bonds. The quantitative estimate of drug-likeness (QED) is 0.836. The fourth-order valence-corrected chi connectivity index (χ4v) is 2.30. The highest BCUT2D eigenvalue weighted by Crippen LogP contribution is 2.40. The molecular formula is C13H11BrClNO. The fourth-order valence-electron chi connectivity index (χ4n) is 1.71. The molecule has 0 aliphatic rings. The number of halogens is 2. The van der Waals surface area contributed by atoms with E-state index in [1.54, 1.807) is 13.2 Å². The Morgan fingerprint density at radius 3 is 2.47 bits per heavy atom. The highest BCUT2D eigenvalue weighted by molar-refractivity contribution is 9.10. The van der Waals surface area contributed by atoms with Gasteiger partial charge in [-0.1, -0.05) is 35.9 Å². The molecule has 0 spiro atoms.